The molecule has 0 radical (unpaired) electrons. The fourth-order valence-electron chi connectivity index (χ4n) is 1.64. The lowest BCUT2D eigenvalue weighted by Crippen LogP contribution is -2.32. The number of benzene rings is 1. The lowest BCUT2D eigenvalue weighted by Gasteiger charge is -2.12. The minimum Gasteiger partial charge on any atom is -0.385 e. The number of carbonyl (C=O) groups is 1. The zero-order chi connectivity index (χ0) is 15.9. The smallest absolute Gasteiger partial charge is 0.240 e. The molecule has 0 aliphatic carbocycles. The van der Waals surface area contributed by atoms with E-state index in [-0.39, 0.29) is 16.8 Å². The van der Waals surface area contributed by atoms with E-state index in [2.05, 4.69) is 15.4 Å². The maximum atomic E-state index is 11.6. The van der Waals surface area contributed by atoms with Crippen LogP contribution in [-0.2, 0) is 14.8 Å². The first kappa shape index (κ1) is 17.5. The average Bonchev–Trinajstić information content (AvgIpc) is 2.47. The van der Waals surface area contributed by atoms with E-state index in [4.69, 9.17) is 0 Å². The molecule has 0 aliphatic rings. The summed E-state index contributed by atoms with van der Waals surface area (Å²) in [5, 5.41) is 5.97. The number of amides is 1. The number of rotatable bonds is 8. The van der Waals surface area contributed by atoms with Crippen LogP contribution in [0.1, 0.15) is 26.7 Å². The molecule has 0 fully saturated rings. The summed E-state index contributed by atoms with van der Waals surface area (Å²) in [5.74, 6) is 0.00577. The van der Waals surface area contributed by atoms with Crippen molar-refractivity contribution in [3.05, 3.63) is 24.3 Å². The van der Waals surface area contributed by atoms with Crippen LogP contribution in [0.5, 0.6) is 0 Å². The van der Waals surface area contributed by atoms with Gasteiger partial charge in [0.15, 0.2) is 0 Å². The Balaban J connectivity index is 2.45. The lowest BCUT2D eigenvalue weighted by molar-refractivity contribution is -0.121. The van der Waals surface area contributed by atoms with Crippen molar-refractivity contribution in [2.24, 2.45) is 0 Å². The number of hydrogen-bond donors (Lipinski definition) is 3. The fraction of sp³-hybridized carbons (Fsp3) is 0.500. The van der Waals surface area contributed by atoms with Crippen molar-refractivity contribution >= 4 is 21.6 Å². The summed E-state index contributed by atoms with van der Waals surface area (Å²) in [5.41, 5.74) is 0.779. The molecular weight excluding hydrogens is 290 g/mol. The summed E-state index contributed by atoms with van der Waals surface area (Å²) in [7, 11) is -2.03. The summed E-state index contributed by atoms with van der Waals surface area (Å²) in [6.07, 6.45) is 1.28. The van der Waals surface area contributed by atoms with Crippen molar-refractivity contribution in [3.63, 3.8) is 0 Å². The van der Waals surface area contributed by atoms with Crippen LogP contribution in [-0.4, -0.2) is 34.0 Å². The molecular formula is C14H23N3O3S. The first-order chi connectivity index (χ1) is 9.89. The van der Waals surface area contributed by atoms with Gasteiger partial charge in [0.25, 0.3) is 0 Å². The van der Waals surface area contributed by atoms with Gasteiger partial charge in [0.2, 0.25) is 15.9 Å². The maximum Gasteiger partial charge on any atom is 0.240 e. The molecule has 1 amide bonds. The predicted octanol–water partition coefficient (Wildman–Crippen LogP) is 1.31. The predicted molar refractivity (Wildman–Crippen MR) is 83.7 cm³/mol. The molecule has 21 heavy (non-hydrogen) atoms. The molecule has 0 saturated heterocycles. The van der Waals surface area contributed by atoms with Crippen LogP contribution in [0.25, 0.3) is 0 Å². The molecule has 1 unspecified atom stereocenters. The molecule has 0 spiro atoms. The second-order valence-corrected chi connectivity index (χ2v) is 6.67. The van der Waals surface area contributed by atoms with Crippen molar-refractivity contribution in [2.45, 2.75) is 37.6 Å². The first-order valence-electron chi connectivity index (χ1n) is 6.96. The third kappa shape index (κ3) is 5.73. The van der Waals surface area contributed by atoms with Crippen molar-refractivity contribution in [3.8, 4) is 0 Å². The average molecular weight is 313 g/mol. The Morgan fingerprint density at radius 2 is 1.86 bits per heavy atom. The molecule has 1 atom stereocenters. The second-order valence-electron chi connectivity index (χ2n) is 4.79. The van der Waals surface area contributed by atoms with Crippen LogP contribution in [0.2, 0.25) is 0 Å². The number of carbonyl (C=O) groups excluding carboxylic acids is 1. The number of anilines is 1. The summed E-state index contributed by atoms with van der Waals surface area (Å²) >= 11 is 0. The number of nitrogens with one attached hydrogen (secondary N) is 3. The Morgan fingerprint density at radius 1 is 1.24 bits per heavy atom. The fourth-order valence-corrected chi connectivity index (χ4v) is 2.37. The highest BCUT2D eigenvalue weighted by Gasteiger charge is 2.10. The summed E-state index contributed by atoms with van der Waals surface area (Å²) in [4.78, 5) is 11.8. The summed E-state index contributed by atoms with van der Waals surface area (Å²) in [6.45, 7) is 4.48. The van der Waals surface area contributed by atoms with Gasteiger partial charge in [0.1, 0.15) is 0 Å². The van der Waals surface area contributed by atoms with Gasteiger partial charge in [-0.25, -0.2) is 13.1 Å². The van der Waals surface area contributed by atoms with Gasteiger partial charge >= 0.3 is 0 Å². The summed E-state index contributed by atoms with van der Waals surface area (Å²) < 4.78 is 25.4. The van der Waals surface area contributed by atoms with Crippen LogP contribution in [0.15, 0.2) is 29.2 Å². The Morgan fingerprint density at radius 3 is 2.38 bits per heavy atom. The highest BCUT2D eigenvalue weighted by atomic mass is 32.2. The summed E-state index contributed by atoms with van der Waals surface area (Å²) in [6, 6.07) is 6.58. The Kier molecular flexibility index (Phi) is 6.64. The van der Waals surface area contributed by atoms with Gasteiger partial charge in [-0.15, -0.1) is 0 Å². The third-order valence-corrected chi connectivity index (χ3v) is 4.56. The highest BCUT2D eigenvalue weighted by Crippen LogP contribution is 2.13. The van der Waals surface area contributed by atoms with Gasteiger partial charge in [-0.3, -0.25) is 4.79 Å². The molecule has 6 nitrogen and oxygen atoms in total. The van der Waals surface area contributed by atoms with Gasteiger partial charge in [-0.2, -0.15) is 0 Å². The van der Waals surface area contributed by atoms with Gasteiger partial charge in [0.05, 0.1) is 4.90 Å². The van der Waals surface area contributed by atoms with Gasteiger partial charge in [0, 0.05) is 24.7 Å². The van der Waals surface area contributed by atoms with Crippen LogP contribution in [0.4, 0.5) is 5.69 Å². The molecule has 0 saturated carbocycles. The van der Waals surface area contributed by atoms with E-state index < -0.39 is 10.0 Å². The van der Waals surface area contributed by atoms with Crippen LogP contribution in [0.3, 0.4) is 0 Å². The third-order valence-electron chi connectivity index (χ3n) is 3.13. The van der Waals surface area contributed by atoms with E-state index in [1.165, 1.54) is 19.2 Å². The Labute approximate surface area is 126 Å². The van der Waals surface area contributed by atoms with Crippen molar-refractivity contribution < 1.29 is 13.2 Å². The Bertz CT molecular complexity index is 555. The topological polar surface area (TPSA) is 87.3 Å². The van der Waals surface area contributed by atoms with Crippen molar-refractivity contribution in [2.75, 3.05) is 18.9 Å². The van der Waals surface area contributed by atoms with E-state index in [1.807, 2.05) is 13.8 Å². The highest BCUT2D eigenvalue weighted by molar-refractivity contribution is 7.89. The largest absolute Gasteiger partial charge is 0.385 e. The van der Waals surface area contributed by atoms with Gasteiger partial charge in [-0.05, 0) is 44.7 Å². The molecule has 1 rings (SSSR count). The number of hydrogen-bond acceptors (Lipinski definition) is 4. The van der Waals surface area contributed by atoms with E-state index >= 15 is 0 Å². The molecule has 1 aromatic carbocycles. The van der Waals surface area contributed by atoms with E-state index in [1.54, 1.807) is 12.1 Å². The zero-order valence-electron chi connectivity index (χ0n) is 12.6. The van der Waals surface area contributed by atoms with E-state index in [9.17, 15) is 13.2 Å². The standard InChI is InChI=1S/C14H23N3O3S/c1-4-11(2)17-14(18)9-10-16-12-5-7-13(8-6-12)21(19,20)15-3/h5-8,11,15-16H,4,9-10H2,1-3H3,(H,17,18). The normalized spacial score (nSPS) is 12.7. The monoisotopic (exact) mass is 313 g/mol. The quantitative estimate of drug-likeness (QED) is 0.675. The molecule has 7 heteroatoms. The first-order valence-corrected chi connectivity index (χ1v) is 8.44. The van der Waals surface area contributed by atoms with Crippen LogP contribution >= 0.6 is 0 Å². The van der Waals surface area contributed by atoms with E-state index in [0.717, 1.165) is 12.1 Å². The molecule has 0 aromatic heterocycles. The maximum absolute atomic E-state index is 11.6. The number of sulfonamides is 1. The molecule has 0 bridgehead atoms. The van der Waals surface area contributed by atoms with Gasteiger partial charge in [-0.1, -0.05) is 6.92 Å². The van der Waals surface area contributed by atoms with E-state index in [0.29, 0.717) is 13.0 Å². The Hall–Kier alpha value is -1.60. The molecule has 118 valence electrons. The lowest BCUT2D eigenvalue weighted by atomic mass is 10.2. The zero-order valence-corrected chi connectivity index (χ0v) is 13.5. The SMILES string of the molecule is CCC(C)NC(=O)CCNc1ccc(S(=O)(=O)NC)cc1. The molecule has 1 aromatic rings. The van der Waals surface area contributed by atoms with Gasteiger partial charge < -0.3 is 10.6 Å². The van der Waals surface area contributed by atoms with Crippen LogP contribution < -0.4 is 15.4 Å². The minimum atomic E-state index is -3.41. The molecule has 0 aliphatic heterocycles. The van der Waals surface area contributed by atoms with Crippen molar-refractivity contribution in [1.29, 1.82) is 0 Å². The minimum absolute atomic E-state index is 0.00577. The molecule has 0 heterocycles. The second kappa shape index (κ2) is 7.99. The molecule has 3 N–H and O–H groups in total. The van der Waals surface area contributed by atoms with Crippen molar-refractivity contribution in [1.82, 2.24) is 10.0 Å². The van der Waals surface area contributed by atoms with Crippen LogP contribution in [0, 0.1) is 0 Å².